The lowest BCUT2D eigenvalue weighted by Gasteiger charge is -2.18. The minimum atomic E-state index is 0. The largest absolute Gasteiger partial charge is 0.377 e. The van der Waals surface area contributed by atoms with Gasteiger partial charge in [-0.25, -0.2) is 0 Å². The van der Waals surface area contributed by atoms with Gasteiger partial charge in [-0.05, 0) is 66.8 Å². The second-order valence-corrected chi connectivity index (χ2v) is 13.7. The molecule has 0 bridgehead atoms. The van der Waals surface area contributed by atoms with Gasteiger partial charge in [0.25, 0.3) is 0 Å². The molecule has 1 heterocycles. The average Bonchev–Trinajstić information content (AvgIpc) is 3.69. The first-order valence-corrected chi connectivity index (χ1v) is 20.9. The van der Waals surface area contributed by atoms with E-state index in [9.17, 15) is 0 Å². The Hall–Kier alpha value is -4.40. The van der Waals surface area contributed by atoms with Gasteiger partial charge in [0.1, 0.15) is 0 Å². The monoisotopic (exact) mass is 758 g/mol. The molecular weight excluding hydrogens is 679 g/mol. The number of unbranched alkanes of at least 4 members (excludes halogenated alkanes) is 1. The van der Waals surface area contributed by atoms with Gasteiger partial charge in [0.15, 0.2) is 0 Å². The zero-order valence-electron chi connectivity index (χ0n) is 34.4. The zero-order chi connectivity index (χ0) is 38.7. The first kappa shape index (κ1) is 51.6. The number of aromatic nitrogens is 1. The van der Waals surface area contributed by atoms with E-state index in [4.69, 9.17) is 4.74 Å². The van der Waals surface area contributed by atoms with Crippen LogP contribution in [0, 0.1) is 5.92 Å². The minimum Gasteiger partial charge on any atom is -0.377 e. The Morgan fingerprint density at radius 3 is 1.43 bits per heavy atom. The normalized spacial score (nSPS) is 11.3. The molecule has 0 radical (unpaired) electrons. The standard InChI is InChI=1S/C10H11N.C10H14.C9H12O.C9H12.C8H16.C6H6.2CH4/c1-2-8-7-11-10-6-4-3-5-9(8)10;1-2-3-7-10-8-5-4-6-9-10;1-2-10-8-9-6-4-3-5-7-9;1-2-6-9-7-4-3-5-8-9;1-2-8-6-4-3-5-7-8;1-2-4-6-5-3-1;;/h3-7,11H,2H2,1H3;4-6,8-9H,2-3,7H2,1H3;3-7H,2,8H2,1H3;3-5,7-8H,2,6H2,1H3;8H,2-7H2,1H3;1-6H;2*1H4. The molecule has 1 aliphatic rings. The number of benzene rings is 5. The van der Waals surface area contributed by atoms with Crippen LogP contribution in [0.1, 0.15) is 130 Å². The molecule has 1 fully saturated rings. The van der Waals surface area contributed by atoms with Gasteiger partial charge in [0.05, 0.1) is 6.61 Å². The summed E-state index contributed by atoms with van der Waals surface area (Å²) in [4.78, 5) is 3.24. The lowest BCUT2D eigenvalue weighted by atomic mass is 9.88. The number of fused-ring (bicyclic) bond motifs is 1. The van der Waals surface area contributed by atoms with Gasteiger partial charge in [0, 0.05) is 23.7 Å². The quantitative estimate of drug-likeness (QED) is 0.148. The fraction of sp³-hybridized carbons (Fsp3) is 0.407. The van der Waals surface area contributed by atoms with Crippen molar-refractivity contribution >= 4 is 10.9 Å². The van der Waals surface area contributed by atoms with E-state index in [1.54, 1.807) is 0 Å². The maximum absolute atomic E-state index is 5.22. The van der Waals surface area contributed by atoms with Gasteiger partial charge in [-0.3, -0.25) is 0 Å². The first-order chi connectivity index (χ1) is 26.6. The molecule has 2 heteroatoms. The van der Waals surface area contributed by atoms with E-state index in [0.29, 0.717) is 0 Å². The molecule has 1 aliphatic carbocycles. The maximum atomic E-state index is 5.22. The number of nitrogens with one attached hydrogen (secondary N) is 1. The van der Waals surface area contributed by atoms with Crippen molar-refractivity contribution in [1.29, 1.82) is 0 Å². The highest BCUT2D eigenvalue weighted by atomic mass is 16.5. The summed E-state index contributed by atoms with van der Waals surface area (Å²) >= 11 is 0. The Bertz CT molecular complexity index is 1550. The summed E-state index contributed by atoms with van der Waals surface area (Å²) in [7, 11) is 0. The van der Waals surface area contributed by atoms with Crippen molar-refractivity contribution in [3.8, 4) is 0 Å². The van der Waals surface area contributed by atoms with Crippen LogP contribution in [0.25, 0.3) is 10.9 Å². The number of rotatable bonds is 10. The Kier molecular flexibility index (Phi) is 33.4. The summed E-state index contributed by atoms with van der Waals surface area (Å²) in [6.45, 7) is 12.4. The Balaban J connectivity index is 0.000000649. The van der Waals surface area contributed by atoms with Gasteiger partial charge < -0.3 is 9.72 Å². The van der Waals surface area contributed by atoms with Crippen LogP contribution in [0.5, 0.6) is 0 Å². The summed E-state index contributed by atoms with van der Waals surface area (Å²) in [5, 5.41) is 1.36. The molecule has 0 spiro atoms. The molecule has 1 aromatic heterocycles. The molecule has 0 aliphatic heterocycles. The van der Waals surface area contributed by atoms with E-state index in [1.165, 1.54) is 104 Å². The SMILES string of the molecule is C.C.CCC1CCCCC1.CCCCc1ccccc1.CCCc1ccccc1.CCOCc1ccccc1.CCc1c[nH]c2ccccc12.c1ccccc1. The van der Waals surface area contributed by atoms with Crippen LogP contribution in [-0.2, 0) is 30.6 Å². The number of ether oxygens (including phenoxy) is 1. The number of aromatic amines is 1. The number of para-hydroxylation sites is 1. The lowest BCUT2D eigenvalue weighted by Crippen LogP contribution is -2.03. The molecule has 2 nitrogen and oxygen atoms in total. The van der Waals surface area contributed by atoms with E-state index in [1.807, 2.05) is 61.5 Å². The number of hydrogen-bond donors (Lipinski definition) is 1. The van der Waals surface area contributed by atoms with Crippen molar-refractivity contribution in [2.24, 2.45) is 5.92 Å². The number of hydrogen-bond acceptors (Lipinski definition) is 1. The van der Waals surface area contributed by atoms with Crippen LogP contribution in [-0.4, -0.2) is 11.6 Å². The third kappa shape index (κ3) is 24.9. The lowest BCUT2D eigenvalue weighted by molar-refractivity contribution is 0.134. The summed E-state index contributed by atoms with van der Waals surface area (Å²) in [6, 6.07) is 51.8. The Morgan fingerprint density at radius 2 is 0.982 bits per heavy atom. The second kappa shape index (κ2) is 36.3. The van der Waals surface area contributed by atoms with Crippen molar-refractivity contribution < 1.29 is 4.74 Å². The van der Waals surface area contributed by atoms with Crippen molar-refractivity contribution in [2.45, 2.75) is 133 Å². The van der Waals surface area contributed by atoms with Crippen LogP contribution in [0.4, 0.5) is 0 Å². The fourth-order valence-electron chi connectivity index (χ4n) is 6.16. The zero-order valence-corrected chi connectivity index (χ0v) is 34.4. The van der Waals surface area contributed by atoms with Crippen molar-refractivity contribution in [2.75, 3.05) is 6.61 Å². The Labute approximate surface area is 345 Å². The van der Waals surface area contributed by atoms with Gasteiger partial charge >= 0.3 is 0 Å². The van der Waals surface area contributed by atoms with Gasteiger partial charge in [-0.2, -0.15) is 0 Å². The van der Waals surface area contributed by atoms with Crippen LogP contribution in [0.3, 0.4) is 0 Å². The topological polar surface area (TPSA) is 25.0 Å². The molecule has 1 saturated carbocycles. The summed E-state index contributed by atoms with van der Waals surface area (Å²) in [5.41, 5.74) is 6.79. The fourth-order valence-corrected chi connectivity index (χ4v) is 6.16. The van der Waals surface area contributed by atoms with Gasteiger partial charge in [-0.15, -0.1) is 0 Å². The summed E-state index contributed by atoms with van der Waals surface area (Å²) < 4.78 is 5.22. The molecule has 7 rings (SSSR count). The molecule has 5 aromatic carbocycles. The second-order valence-electron chi connectivity index (χ2n) is 13.7. The van der Waals surface area contributed by atoms with Crippen LogP contribution >= 0.6 is 0 Å². The highest BCUT2D eigenvalue weighted by Crippen LogP contribution is 2.25. The van der Waals surface area contributed by atoms with Gasteiger partial charge in [-0.1, -0.05) is 240 Å². The minimum absolute atomic E-state index is 0. The predicted molar refractivity (Wildman–Crippen MR) is 252 cm³/mol. The van der Waals surface area contributed by atoms with E-state index in [0.717, 1.165) is 25.6 Å². The third-order valence-electron chi connectivity index (χ3n) is 9.38. The molecule has 306 valence electrons. The van der Waals surface area contributed by atoms with E-state index in [2.05, 4.69) is 136 Å². The van der Waals surface area contributed by atoms with Crippen LogP contribution in [0.15, 0.2) is 158 Å². The molecule has 1 N–H and O–H groups in total. The molecule has 0 atom stereocenters. The molecular formula is C54H79NO. The predicted octanol–water partition coefficient (Wildman–Crippen LogP) is 16.6. The molecule has 56 heavy (non-hydrogen) atoms. The number of aryl methyl sites for hydroxylation is 3. The highest BCUT2D eigenvalue weighted by Gasteiger charge is 2.09. The van der Waals surface area contributed by atoms with Crippen LogP contribution in [0.2, 0.25) is 0 Å². The molecule has 0 unspecified atom stereocenters. The van der Waals surface area contributed by atoms with E-state index < -0.39 is 0 Å². The first-order valence-electron chi connectivity index (χ1n) is 20.9. The van der Waals surface area contributed by atoms with Gasteiger partial charge in [0.2, 0.25) is 0 Å². The smallest absolute Gasteiger partial charge is 0.0716 e. The van der Waals surface area contributed by atoms with Crippen LogP contribution < -0.4 is 0 Å². The summed E-state index contributed by atoms with van der Waals surface area (Å²) in [5.74, 6) is 1.09. The summed E-state index contributed by atoms with van der Waals surface area (Å²) in [6.07, 6.45) is 18.4. The number of H-pyrrole nitrogens is 1. The maximum Gasteiger partial charge on any atom is 0.0716 e. The van der Waals surface area contributed by atoms with Crippen molar-refractivity contribution in [1.82, 2.24) is 4.98 Å². The average molecular weight is 758 g/mol. The molecule has 0 saturated heterocycles. The third-order valence-corrected chi connectivity index (χ3v) is 9.38. The molecule has 0 amide bonds. The van der Waals surface area contributed by atoms with Crippen molar-refractivity contribution in [3.63, 3.8) is 0 Å². The molecule has 6 aromatic rings. The van der Waals surface area contributed by atoms with E-state index >= 15 is 0 Å². The van der Waals surface area contributed by atoms with E-state index in [-0.39, 0.29) is 14.9 Å². The Morgan fingerprint density at radius 1 is 0.518 bits per heavy atom. The van der Waals surface area contributed by atoms with Crippen molar-refractivity contribution in [3.05, 3.63) is 180 Å². The highest BCUT2D eigenvalue weighted by molar-refractivity contribution is 5.82.